The first-order valence-electron chi connectivity index (χ1n) is 8.37. The van der Waals surface area contributed by atoms with E-state index in [-0.39, 0.29) is 6.04 Å². The highest BCUT2D eigenvalue weighted by Crippen LogP contribution is 2.39. The van der Waals surface area contributed by atoms with Crippen molar-refractivity contribution in [2.45, 2.75) is 52.7 Å². The number of rotatable bonds is 4. The van der Waals surface area contributed by atoms with Crippen LogP contribution in [0.3, 0.4) is 0 Å². The van der Waals surface area contributed by atoms with Crippen LogP contribution in [0, 0.1) is 25.2 Å². The van der Waals surface area contributed by atoms with Crippen molar-refractivity contribution in [1.29, 1.82) is 5.26 Å². The minimum Gasteiger partial charge on any atom is -0.269 e. The highest BCUT2D eigenvalue weighted by molar-refractivity contribution is 5.84. The lowest BCUT2D eigenvalue weighted by Crippen LogP contribution is -2.25. The largest absolute Gasteiger partial charge is 0.269 e. The van der Waals surface area contributed by atoms with E-state index in [0.29, 0.717) is 0 Å². The number of hydrazone groups is 1. The van der Waals surface area contributed by atoms with Crippen LogP contribution < -0.4 is 0 Å². The zero-order chi connectivity index (χ0) is 17.3. The molecule has 0 fully saturated rings. The minimum absolute atomic E-state index is 0.0969. The van der Waals surface area contributed by atoms with Crippen molar-refractivity contribution in [2.75, 3.05) is 0 Å². The van der Waals surface area contributed by atoms with Crippen molar-refractivity contribution < 1.29 is 0 Å². The summed E-state index contributed by atoms with van der Waals surface area (Å²) in [5.41, 5.74) is 5.19. The van der Waals surface area contributed by atoms with Crippen LogP contribution in [-0.2, 0) is 6.54 Å². The van der Waals surface area contributed by atoms with E-state index >= 15 is 0 Å². The fourth-order valence-corrected chi connectivity index (χ4v) is 3.53. The molecule has 5 nitrogen and oxygen atoms in total. The Kier molecular flexibility index (Phi) is 4.39. The molecular formula is C19H23N5. The van der Waals surface area contributed by atoms with Gasteiger partial charge >= 0.3 is 0 Å². The SMILES string of the molecule is CCn1nc(C)c([C@@H](C#N)N2N=C(C)C[C@H]2c2ccccc2)c1C. The molecule has 1 aliphatic rings. The van der Waals surface area contributed by atoms with Crippen LogP contribution in [-0.4, -0.2) is 20.5 Å². The third-order valence-electron chi connectivity index (χ3n) is 4.68. The zero-order valence-electron chi connectivity index (χ0n) is 14.7. The summed E-state index contributed by atoms with van der Waals surface area (Å²) in [6.07, 6.45) is 0.849. The van der Waals surface area contributed by atoms with Gasteiger partial charge < -0.3 is 0 Å². The van der Waals surface area contributed by atoms with E-state index < -0.39 is 6.04 Å². The first kappa shape index (κ1) is 16.3. The van der Waals surface area contributed by atoms with E-state index in [2.05, 4.69) is 30.2 Å². The zero-order valence-corrected chi connectivity index (χ0v) is 14.7. The maximum absolute atomic E-state index is 9.92. The van der Waals surface area contributed by atoms with Crippen LogP contribution in [0.2, 0.25) is 0 Å². The number of benzene rings is 1. The van der Waals surface area contributed by atoms with Crippen LogP contribution in [0.1, 0.15) is 54.9 Å². The van der Waals surface area contributed by atoms with Crippen LogP contribution >= 0.6 is 0 Å². The average molecular weight is 321 g/mol. The molecule has 0 bridgehead atoms. The van der Waals surface area contributed by atoms with E-state index in [1.165, 1.54) is 5.56 Å². The number of aromatic nitrogens is 2. The molecule has 0 radical (unpaired) electrons. The van der Waals surface area contributed by atoms with E-state index in [4.69, 9.17) is 5.10 Å². The molecule has 2 atom stereocenters. The van der Waals surface area contributed by atoms with Crippen molar-refractivity contribution in [3.8, 4) is 6.07 Å². The molecule has 0 unspecified atom stereocenters. The predicted octanol–water partition coefficient (Wildman–Crippen LogP) is 3.91. The van der Waals surface area contributed by atoms with Crippen LogP contribution in [0.5, 0.6) is 0 Å². The third-order valence-corrected chi connectivity index (χ3v) is 4.68. The molecule has 0 amide bonds. The Labute approximate surface area is 143 Å². The van der Waals surface area contributed by atoms with Gasteiger partial charge in [-0.05, 0) is 33.3 Å². The minimum atomic E-state index is -0.423. The van der Waals surface area contributed by atoms with Gasteiger partial charge in [-0.3, -0.25) is 9.69 Å². The van der Waals surface area contributed by atoms with Crippen LogP contribution in [0.25, 0.3) is 0 Å². The number of nitriles is 1. The summed E-state index contributed by atoms with van der Waals surface area (Å²) in [6.45, 7) is 8.90. The second kappa shape index (κ2) is 6.48. The van der Waals surface area contributed by atoms with Crippen molar-refractivity contribution in [3.05, 3.63) is 52.8 Å². The Morgan fingerprint density at radius 1 is 1.25 bits per heavy atom. The van der Waals surface area contributed by atoms with Gasteiger partial charge in [-0.1, -0.05) is 30.3 Å². The normalized spacial score (nSPS) is 18.4. The first-order valence-corrected chi connectivity index (χ1v) is 8.37. The molecule has 0 saturated carbocycles. The van der Waals surface area contributed by atoms with Gasteiger partial charge in [0, 0.05) is 29.9 Å². The van der Waals surface area contributed by atoms with E-state index in [1.54, 1.807) is 0 Å². The molecule has 1 aromatic heterocycles. The summed E-state index contributed by atoms with van der Waals surface area (Å²) >= 11 is 0. The van der Waals surface area contributed by atoms with Gasteiger partial charge in [-0.15, -0.1) is 0 Å². The molecule has 0 N–H and O–H groups in total. The second-order valence-electron chi connectivity index (χ2n) is 6.28. The highest BCUT2D eigenvalue weighted by Gasteiger charge is 2.35. The molecule has 124 valence electrons. The lowest BCUT2D eigenvalue weighted by atomic mass is 9.98. The molecule has 24 heavy (non-hydrogen) atoms. The van der Waals surface area contributed by atoms with Gasteiger partial charge in [0.2, 0.25) is 0 Å². The molecule has 1 aliphatic heterocycles. The Balaban J connectivity index is 2.04. The average Bonchev–Trinajstić information content (AvgIpc) is 3.11. The van der Waals surface area contributed by atoms with Crippen molar-refractivity contribution in [2.24, 2.45) is 5.10 Å². The van der Waals surface area contributed by atoms with Crippen LogP contribution in [0.4, 0.5) is 0 Å². The summed E-state index contributed by atoms with van der Waals surface area (Å²) in [4.78, 5) is 0. The topological polar surface area (TPSA) is 57.2 Å². The Morgan fingerprint density at radius 3 is 2.54 bits per heavy atom. The standard InChI is InChI=1S/C19H23N5/c1-5-23-15(4)19(14(3)22-23)18(12-20)24-17(11-13(2)21-24)16-9-7-6-8-10-16/h6-10,17-18H,5,11H2,1-4H3/t17-,18+/m0/s1. The molecule has 2 aromatic rings. The van der Waals surface area contributed by atoms with E-state index in [1.807, 2.05) is 48.7 Å². The number of hydrogen-bond acceptors (Lipinski definition) is 4. The highest BCUT2D eigenvalue weighted by atomic mass is 15.5. The molecule has 2 heterocycles. The van der Waals surface area contributed by atoms with Gasteiger partial charge in [0.1, 0.15) is 0 Å². The molecule has 5 heteroatoms. The lowest BCUT2D eigenvalue weighted by Gasteiger charge is -2.28. The molecular weight excluding hydrogens is 298 g/mol. The number of hydrogen-bond donors (Lipinski definition) is 0. The van der Waals surface area contributed by atoms with E-state index in [0.717, 1.165) is 35.6 Å². The van der Waals surface area contributed by atoms with E-state index in [9.17, 15) is 5.26 Å². The quantitative estimate of drug-likeness (QED) is 0.858. The summed E-state index contributed by atoms with van der Waals surface area (Å²) in [5.74, 6) is 0. The Hall–Kier alpha value is -2.61. The molecule has 0 saturated heterocycles. The Morgan fingerprint density at radius 2 is 1.96 bits per heavy atom. The number of aryl methyl sites for hydroxylation is 2. The van der Waals surface area contributed by atoms with Crippen molar-refractivity contribution in [3.63, 3.8) is 0 Å². The van der Waals surface area contributed by atoms with Gasteiger partial charge in [-0.25, -0.2) is 0 Å². The summed E-state index contributed by atoms with van der Waals surface area (Å²) in [5, 5.41) is 21.2. The molecule has 0 aliphatic carbocycles. The Bertz CT molecular complexity index is 797. The second-order valence-corrected chi connectivity index (χ2v) is 6.28. The maximum atomic E-state index is 9.92. The van der Waals surface area contributed by atoms with Gasteiger partial charge in [0.15, 0.2) is 6.04 Å². The lowest BCUT2D eigenvalue weighted by molar-refractivity contribution is 0.195. The van der Waals surface area contributed by atoms with Gasteiger partial charge in [0.05, 0.1) is 17.8 Å². The maximum Gasteiger partial charge on any atom is 0.162 e. The molecule has 1 aromatic carbocycles. The predicted molar refractivity (Wildman–Crippen MR) is 94.5 cm³/mol. The van der Waals surface area contributed by atoms with Crippen molar-refractivity contribution in [1.82, 2.24) is 14.8 Å². The number of nitrogens with zero attached hydrogens (tertiary/aromatic N) is 5. The summed E-state index contributed by atoms with van der Waals surface area (Å²) in [6, 6.07) is 12.4. The van der Waals surface area contributed by atoms with Gasteiger partial charge in [0.25, 0.3) is 0 Å². The fourth-order valence-electron chi connectivity index (χ4n) is 3.53. The fraction of sp³-hybridized carbons (Fsp3) is 0.421. The smallest absolute Gasteiger partial charge is 0.162 e. The summed E-state index contributed by atoms with van der Waals surface area (Å²) in [7, 11) is 0. The van der Waals surface area contributed by atoms with Crippen molar-refractivity contribution >= 4 is 5.71 Å². The summed E-state index contributed by atoms with van der Waals surface area (Å²) < 4.78 is 1.96. The molecule has 0 spiro atoms. The van der Waals surface area contributed by atoms with Gasteiger partial charge in [-0.2, -0.15) is 15.5 Å². The van der Waals surface area contributed by atoms with Crippen LogP contribution in [0.15, 0.2) is 35.4 Å². The first-order chi connectivity index (χ1) is 11.6. The third kappa shape index (κ3) is 2.69. The monoisotopic (exact) mass is 321 g/mol. The molecule has 3 rings (SSSR count).